The van der Waals surface area contributed by atoms with E-state index >= 15 is 0 Å². The number of benzene rings is 2. The average Bonchev–Trinajstić information content (AvgIpc) is 2.63. The lowest BCUT2D eigenvalue weighted by molar-refractivity contribution is -0.120. The number of carbonyl (C=O) groups excluding carboxylic acids is 1. The summed E-state index contributed by atoms with van der Waals surface area (Å²) in [6.45, 7) is 5.34. The fourth-order valence-corrected chi connectivity index (χ4v) is 4.39. The van der Waals surface area contributed by atoms with Crippen LogP contribution in [0.15, 0.2) is 47.4 Å². The van der Waals surface area contributed by atoms with Gasteiger partial charge in [0.15, 0.2) is 0 Å². The molecule has 152 valence electrons. The van der Waals surface area contributed by atoms with Crippen molar-refractivity contribution in [3.05, 3.63) is 58.6 Å². The van der Waals surface area contributed by atoms with Gasteiger partial charge in [0.2, 0.25) is 5.91 Å². The van der Waals surface area contributed by atoms with E-state index in [4.69, 9.17) is 16.3 Å². The predicted octanol–water partition coefficient (Wildman–Crippen LogP) is 3.30. The number of hydrogen-bond donors (Lipinski definition) is 1. The molecule has 2 aromatic rings. The molecule has 2 rings (SSSR count). The van der Waals surface area contributed by atoms with Gasteiger partial charge in [-0.15, -0.1) is 0 Å². The number of hydrogen-bond acceptors (Lipinski definition) is 4. The van der Waals surface area contributed by atoms with Gasteiger partial charge in [-0.05, 0) is 50.6 Å². The van der Waals surface area contributed by atoms with Gasteiger partial charge >= 0.3 is 0 Å². The summed E-state index contributed by atoms with van der Waals surface area (Å²) in [4.78, 5) is 12.6. The van der Waals surface area contributed by atoms with Gasteiger partial charge in [-0.25, -0.2) is 8.42 Å². The molecule has 0 aromatic heterocycles. The van der Waals surface area contributed by atoms with E-state index in [1.807, 2.05) is 6.92 Å². The Morgan fingerprint density at radius 3 is 2.43 bits per heavy atom. The standard InChI is InChI=1S/C20H25ClN2O4S/c1-14-8-10-17(11-9-14)28(25,26)23(12-20(24)22-15(2)13-27-4)19-7-5-6-18(21)16(19)3/h5-11,15H,12-13H2,1-4H3,(H,22,24)/t15-/m1/s1. The monoisotopic (exact) mass is 424 g/mol. The highest BCUT2D eigenvalue weighted by Gasteiger charge is 2.29. The summed E-state index contributed by atoms with van der Waals surface area (Å²) in [5.41, 5.74) is 1.88. The largest absolute Gasteiger partial charge is 0.383 e. The smallest absolute Gasteiger partial charge is 0.264 e. The van der Waals surface area contributed by atoms with E-state index in [0.29, 0.717) is 22.9 Å². The molecular formula is C20H25ClN2O4S. The maximum absolute atomic E-state index is 13.3. The third-order valence-electron chi connectivity index (χ3n) is 4.23. The van der Waals surface area contributed by atoms with Gasteiger partial charge in [0.1, 0.15) is 6.54 Å². The zero-order valence-electron chi connectivity index (χ0n) is 16.4. The molecule has 0 unspecified atom stereocenters. The van der Waals surface area contributed by atoms with Crippen LogP contribution in [0.1, 0.15) is 18.1 Å². The first-order valence-corrected chi connectivity index (χ1v) is 10.6. The maximum Gasteiger partial charge on any atom is 0.264 e. The quantitative estimate of drug-likeness (QED) is 0.705. The minimum atomic E-state index is -3.97. The lowest BCUT2D eigenvalue weighted by atomic mass is 10.2. The lowest BCUT2D eigenvalue weighted by Crippen LogP contribution is -2.45. The molecule has 0 saturated carbocycles. The van der Waals surface area contributed by atoms with Crippen molar-refractivity contribution in [3.8, 4) is 0 Å². The van der Waals surface area contributed by atoms with E-state index in [0.717, 1.165) is 9.87 Å². The molecule has 0 heterocycles. The van der Waals surface area contributed by atoms with Gasteiger partial charge in [0.05, 0.1) is 17.2 Å². The van der Waals surface area contributed by atoms with Gasteiger partial charge in [-0.1, -0.05) is 35.4 Å². The zero-order valence-corrected chi connectivity index (χ0v) is 18.0. The van der Waals surface area contributed by atoms with Crippen LogP contribution in [0.2, 0.25) is 5.02 Å². The highest BCUT2D eigenvalue weighted by molar-refractivity contribution is 7.92. The number of anilines is 1. The summed E-state index contributed by atoms with van der Waals surface area (Å²) in [5, 5.41) is 3.17. The molecule has 28 heavy (non-hydrogen) atoms. The Kier molecular flexibility index (Phi) is 7.46. The average molecular weight is 425 g/mol. The van der Waals surface area contributed by atoms with Crippen LogP contribution in [0, 0.1) is 13.8 Å². The Balaban J connectivity index is 2.45. The van der Waals surface area contributed by atoms with Crippen LogP contribution in [-0.4, -0.2) is 40.6 Å². The third kappa shape index (κ3) is 5.25. The van der Waals surface area contributed by atoms with Crippen molar-refractivity contribution < 1.29 is 17.9 Å². The summed E-state index contributed by atoms with van der Waals surface area (Å²) in [6, 6.07) is 11.2. The van der Waals surface area contributed by atoms with Gasteiger partial charge in [-0.3, -0.25) is 9.10 Å². The van der Waals surface area contributed by atoms with E-state index in [9.17, 15) is 13.2 Å². The third-order valence-corrected chi connectivity index (χ3v) is 6.41. The number of amides is 1. The zero-order chi connectivity index (χ0) is 20.9. The van der Waals surface area contributed by atoms with E-state index in [-0.39, 0.29) is 17.5 Å². The number of nitrogens with zero attached hydrogens (tertiary/aromatic N) is 1. The van der Waals surface area contributed by atoms with Gasteiger partial charge in [-0.2, -0.15) is 0 Å². The van der Waals surface area contributed by atoms with Crippen molar-refractivity contribution in [2.45, 2.75) is 31.7 Å². The van der Waals surface area contributed by atoms with Gasteiger partial charge in [0.25, 0.3) is 10.0 Å². The molecule has 0 radical (unpaired) electrons. The van der Waals surface area contributed by atoms with Crippen LogP contribution < -0.4 is 9.62 Å². The van der Waals surface area contributed by atoms with Gasteiger partial charge < -0.3 is 10.1 Å². The van der Waals surface area contributed by atoms with Crippen molar-refractivity contribution in [2.24, 2.45) is 0 Å². The Bertz CT molecular complexity index is 930. The molecular weight excluding hydrogens is 400 g/mol. The Labute approximate surface area is 171 Å². The second kappa shape index (κ2) is 9.41. The number of methoxy groups -OCH3 is 1. The SMILES string of the molecule is COC[C@@H](C)NC(=O)CN(c1cccc(Cl)c1C)S(=O)(=O)c1ccc(C)cc1. The molecule has 0 saturated heterocycles. The normalized spacial score (nSPS) is 12.5. The first kappa shape index (κ1) is 22.2. The molecule has 0 bridgehead atoms. The molecule has 2 aromatic carbocycles. The van der Waals surface area contributed by atoms with Crippen LogP contribution in [0.5, 0.6) is 0 Å². The fraction of sp³-hybridized carbons (Fsp3) is 0.350. The summed E-state index contributed by atoms with van der Waals surface area (Å²) in [5.74, 6) is -0.431. The molecule has 0 spiro atoms. The number of carbonyl (C=O) groups is 1. The maximum atomic E-state index is 13.3. The Morgan fingerprint density at radius 1 is 1.18 bits per heavy atom. The molecule has 1 atom stereocenters. The molecule has 0 aliphatic heterocycles. The van der Waals surface area contributed by atoms with Crippen molar-refractivity contribution in [2.75, 3.05) is 24.6 Å². The van der Waals surface area contributed by atoms with Crippen molar-refractivity contribution >= 4 is 33.2 Å². The lowest BCUT2D eigenvalue weighted by Gasteiger charge is -2.26. The summed E-state index contributed by atoms with van der Waals surface area (Å²) >= 11 is 6.20. The minimum absolute atomic E-state index is 0.107. The van der Waals surface area contributed by atoms with E-state index in [1.54, 1.807) is 44.2 Å². The Hall–Kier alpha value is -2.09. The molecule has 8 heteroatoms. The van der Waals surface area contributed by atoms with Crippen molar-refractivity contribution in [3.63, 3.8) is 0 Å². The van der Waals surface area contributed by atoms with Crippen molar-refractivity contribution in [1.82, 2.24) is 5.32 Å². The highest BCUT2D eigenvalue weighted by Crippen LogP contribution is 2.30. The van der Waals surface area contributed by atoms with Crippen LogP contribution >= 0.6 is 11.6 Å². The molecule has 1 amide bonds. The van der Waals surface area contributed by atoms with E-state index in [2.05, 4.69) is 5.32 Å². The fourth-order valence-electron chi connectivity index (χ4n) is 2.75. The van der Waals surface area contributed by atoms with E-state index in [1.165, 1.54) is 19.2 Å². The number of ether oxygens (including phenoxy) is 1. The number of halogens is 1. The number of sulfonamides is 1. The first-order chi connectivity index (χ1) is 13.2. The molecule has 6 nitrogen and oxygen atoms in total. The van der Waals surface area contributed by atoms with Crippen LogP contribution in [0.25, 0.3) is 0 Å². The van der Waals surface area contributed by atoms with Gasteiger partial charge in [0, 0.05) is 18.2 Å². The van der Waals surface area contributed by atoms with E-state index < -0.39 is 15.9 Å². The molecule has 1 N–H and O–H groups in total. The topological polar surface area (TPSA) is 75.7 Å². The summed E-state index contributed by atoms with van der Waals surface area (Å²) < 4.78 is 32.8. The van der Waals surface area contributed by atoms with Crippen LogP contribution in [-0.2, 0) is 19.6 Å². The van der Waals surface area contributed by atoms with Crippen molar-refractivity contribution in [1.29, 1.82) is 0 Å². The number of nitrogens with one attached hydrogen (secondary N) is 1. The summed E-state index contributed by atoms with van der Waals surface area (Å²) in [7, 11) is -2.44. The number of rotatable bonds is 8. The second-order valence-electron chi connectivity index (χ2n) is 6.63. The summed E-state index contributed by atoms with van der Waals surface area (Å²) in [6.07, 6.45) is 0. The second-order valence-corrected chi connectivity index (χ2v) is 8.90. The highest BCUT2D eigenvalue weighted by atomic mass is 35.5. The minimum Gasteiger partial charge on any atom is -0.383 e. The molecule has 0 aliphatic carbocycles. The molecule has 0 fully saturated rings. The first-order valence-electron chi connectivity index (χ1n) is 8.79. The Morgan fingerprint density at radius 2 is 1.82 bits per heavy atom. The van der Waals surface area contributed by atoms with Crippen LogP contribution in [0.3, 0.4) is 0 Å². The number of aryl methyl sites for hydroxylation is 1. The predicted molar refractivity (Wildman–Crippen MR) is 111 cm³/mol. The molecule has 0 aliphatic rings. The van der Waals surface area contributed by atoms with Crippen LogP contribution in [0.4, 0.5) is 5.69 Å².